The number of benzene rings is 2. The average molecular weight is 418 g/mol. The molecular formula is C19H16ClN3O4S. The molecule has 4 rings (SSSR count). The fourth-order valence-corrected chi connectivity index (χ4v) is 3.32. The van der Waals surface area contributed by atoms with E-state index in [1.807, 2.05) is 23.6 Å². The van der Waals surface area contributed by atoms with Gasteiger partial charge in [-0.3, -0.25) is 10.5 Å². The van der Waals surface area contributed by atoms with Crippen molar-refractivity contribution in [1.29, 1.82) is 0 Å². The summed E-state index contributed by atoms with van der Waals surface area (Å²) in [5.41, 5.74) is 8.19. The zero-order valence-corrected chi connectivity index (χ0v) is 16.1. The number of carbonyl (C=O) groups excluding carboxylic acids is 2. The molecule has 1 aliphatic heterocycles. The fraction of sp³-hybridized carbons (Fsp3) is 0.105. The van der Waals surface area contributed by atoms with E-state index in [1.165, 1.54) is 23.0 Å². The number of nitrogen functional groups attached to an aromatic ring is 1. The molecule has 28 heavy (non-hydrogen) atoms. The maximum atomic E-state index is 11.5. The van der Waals surface area contributed by atoms with Crippen LogP contribution < -0.4 is 25.5 Å². The number of anilines is 2. The normalized spacial score (nSPS) is 12.5. The number of aliphatic carboxylic acids is 1. The smallest absolute Gasteiger partial charge is 0.329 e. The van der Waals surface area contributed by atoms with E-state index < -0.39 is 18.4 Å². The van der Waals surface area contributed by atoms with Crippen LogP contribution in [0.5, 0.6) is 5.75 Å². The van der Waals surface area contributed by atoms with Crippen LogP contribution in [0.15, 0.2) is 53.9 Å². The molecule has 7 nitrogen and oxygen atoms in total. The topological polar surface area (TPSA) is 110 Å². The number of hydrogen-bond acceptors (Lipinski definition) is 6. The van der Waals surface area contributed by atoms with Gasteiger partial charge in [0, 0.05) is 16.0 Å². The summed E-state index contributed by atoms with van der Waals surface area (Å²) in [6.45, 7) is -0.683. The number of H-pyrrole nitrogens is 1. The first-order chi connectivity index (χ1) is 13.4. The molecule has 0 radical (unpaired) electrons. The highest BCUT2D eigenvalue weighted by molar-refractivity contribution is 7.13. The predicted octanol–water partition coefficient (Wildman–Crippen LogP) is 1.63. The zero-order valence-electron chi connectivity index (χ0n) is 14.6. The molecule has 0 spiro atoms. The quantitative estimate of drug-likeness (QED) is 0.696. The summed E-state index contributed by atoms with van der Waals surface area (Å²) in [5.74, 6) is -1.33. The Morgan fingerprint density at radius 1 is 1.29 bits per heavy atom. The molecule has 1 amide bonds. The molecule has 2 heterocycles. The van der Waals surface area contributed by atoms with Gasteiger partial charge < -0.3 is 19.5 Å². The third-order valence-electron chi connectivity index (χ3n) is 3.80. The van der Waals surface area contributed by atoms with Gasteiger partial charge in [0.2, 0.25) is 0 Å². The van der Waals surface area contributed by atoms with E-state index in [2.05, 4.69) is 17.1 Å². The average Bonchev–Trinajstić information content (AvgIpc) is 3.12. The Labute approximate surface area is 169 Å². The number of fused-ring (bicyclic) bond motifs is 1. The van der Waals surface area contributed by atoms with Gasteiger partial charge in [0.15, 0.2) is 6.61 Å². The van der Waals surface area contributed by atoms with Crippen molar-refractivity contribution in [3.63, 3.8) is 0 Å². The number of halogens is 1. The van der Waals surface area contributed by atoms with Gasteiger partial charge in [-0.25, -0.2) is 4.98 Å². The molecule has 0 bridgehead atoms. The molecular weight excluding hydrogens is 402 g/mol. The summed E-state index contributed by atoms with van der Waals surface area (Å²) < 4.78 is 5.14. The van der Waals surface area contributed by atoms with Crippen LogP contribution in [-0.2, 0) is 9.59 Å². The van der Waals surface area contributed by atoms with Gasteiger partial charge in [-0.1, -0.05) is 53.3 Å². The molecule has 9 heteroatoms. The van der Waals surface area contributed by atoms with Crippen LogP contribution in [0, 0.1) is 0 Å². The van der Waals surface area contributed by atoms with E-state index in [0.717, 1.165) is 15.7 Å². The number of ether oxygens (including phenoxy) is 1. The maximum Gasteiger partial charge on any atom is 0.329 e. The highest BCUT2D eigenvalue weighted by Gasteiger charge is 2.25. The van der Waals surface area contributed by atoms with Gasteiger partial charge in [-0.05, 0) is 18.2 Å². The first-order valence-electron chi connectivity index (χ1n) is 8.18. The second-order valence-electron chi connectivity index (χ2n) is 5.76. The molecule has 0 fully saturated rings. The van der Waals surface area contributed by atoms with E-state index in [1.54, 1.807) is 12.1 Å². The predicted molar refractivity (Wildman–Crippen MR) is 105 cm³/mol. The Morgan fingerprint density at radius 2 is 2.04 bits per heavy atom. The van der Waals surface area contributed by atoms with Crippen molar-refractivity contribution in [2.24, 2.45) is 0 Å². The van der Waals surface area contributed by atoms with Crippen molar-refractivity contribution in [1.82, 2.24) is 0 Å². The zero-order chi connectivity index (χ0) is 20.1. The Bertz CT molecular complexity index is 994. The SMILES string of the molecule is Nc1[nH+]c(-c2ccccc2)cs1.O=C([O-])CN1C(=O)COc2ccc(Cl)cc21. The Morgan fingerprint density at radius 3 is 2.68 bits per heavy atom. The van der Waals surface area contributed by atoms with Crippen LogP contribution in [0.2, 0.25) is 5.02 Å². The van der Waals surface area contributed by atoms with E-state index in [9.17, 15) is 14.7 Å². The van der Waals surface area contributed by atoms with Crippen LogP contribution in [0.25, 0.3) is 11.3 Å². The van der Waals surface area contributed by atoms with Gasteiger partial charge in [0.1, 0.15) is 11.4 Å². The Balaban J connectivity index is 0.000000167. The number of nitrogens with zero attached hydrogens (tertiary/aromatic N) is 1. The minimum absolute atomic E-state index is 0.179. The van der Waals surface area contributed by atoms with Crippen molar-refractivity contribution >= 4 is 45.6 Å². The monoisotopic (exact) mass is 417 g/mol. The van der Waals surface area contributed by atoms with Crippen LogP contribution in [0.3, 0.4) is 0 Å². The van der Waals surface area contributed by atoms with E-state index >= 15 is 0 Å². The summed E-state index contributed by atoms with van der Waals surface area (Å²) in [5, 5.41) is 13.7. The lowest BCUT2D eigenvalue weighted by Gasteiger charge is -2.29. The third-order valence-corrected chi connectivity index (χ3v) is 4.74. The third kappa shape index (κ3) is 4.79. The van der Waals surface area contributed by atoms with Gasteiger partial charge in [0.05, 0.1) is 18.2 Å². The maximum absolute atomic E-state index is 11.5. The Hall–Kier alpha value is -3.10. The molecule has 3 aromatic rings. The summed E-state index contributed by atoms with van der Waals surface area (Å²) in [7, 11) is 0. The number of carboxylic acid groups (broad SMARTS) is 1. The lowest BCUT2D eigenvalue weighted by molar-refractivity contribution is -0.340. The van der Waals surface area contributed by atoms with Crippen LogP contribution in [0.1, 0.15) is 0 Å². The number of amides is 1. The van der Waals surface area contributed by atoms with Crippen molar-refractivity contribution in [2.45, 2.75) is 0 Å². The number of aromatic nitrogens is 1. The van der Waals surface area contributed by atoms with Crippen LogP contribution in [-0.4, -0.2) is 25.0 Å². The van der Waals surface area contributed by atoms with Gasteiger partial charge in [-0.15, -0.1) is 0 Å². The standard InChI is InChI=1S/C10H8ClNO4.C9H8N2S/c11-6-1-2-8-7(3-6)12(4-10(14)15)9(13)5-16-8;10-9-11-8(6-12-9)7-4-2-1-3-5-7/h1-3H,4-5H2,(H,14,15);1-6H,(H2,10,11). The molecule has 3 N–H and O–H groups in total. The summed E-state index contributed by atoms with van der Waals surface area (Å²) in [6.07, 6.45) is 0. The largest absolute Gasteiger partial charge is 0.548 e. The molecule has 1 aromatic heterocycles. The summed E-state index contributed by atoms with van der Waals surface area (Å²) >= 11 is 7.29. The van der Waals surface area contributed by atoms with Gasteiger partial charge in [0.25, 0.3) is 5.91 Å². The first kappa shape index (κ1) is 19.7. The minimum Gasteiger partial charge on any atom is -0.548 e. The summed E-state index contributed by atoms with van der Waals surface area (Å²) in [6, 6.07) is 14.8. The molecule has 0 unspecified atom stereocenters. The molecule has 1 aliphatic rings. The molecule has 0 saturated heterocycles. The van der Waals surface area contributed by atoms with Crippen molar-refractivity contribution in [3.8, 4) is 17.0 Å². The number of carbonyl (C=O) groups is 2. The number of aromatic amines is 1. The van der Waals surface area contributed by atoms with Crippen molar-refractivity contribution in [2.75, 3.05) is 23.8 Å². The molecule has 2 aromatic carbocycles. The first-order valence-corrected chi connectivity index (χ1v) is 9.44. The number of carboxylic acids is 1. The fourth-order valence-electron chi connectivity index (χ4n) is 2.55. The van der Waals surface area contributed by atoms with Gasteiger partial charge in [-0.2, -0.15) is 0 Å². The van der Waals surface area contributed by atoms with Gasteiger partial charge >= 0.3 is 5.13 Å². The second-order valence-corrected chi connectivity index (χ2v) is 7.10. The second kappa shape index (κ2) is 8.73. The van der Waals surface area contributed by atoms with Crippen molar-refractivity contribution < 1.29 is 24.4 Å². The summed E-state index contributed by atoms with van der Waals surface area (Å²) in [4.78, 5) is 26.2. The molecule has 144 valence electrons. The Kier molecular flexibility index (Phi) is 6.13. The highest BCUT2D eigenvalue weighted by atomic mass is 35.5. The van der Waals surface area contributed by atoms with Crippen LogP contribution in [0.4, 0.5) is 10.8 Å². The lowest BCUT2D eigenvalue weighted by atomic mass is 10.2. The van der Waals surface area contributed by atoms with Crippen molar-refractivity contribution in [3.05, 3.63) is 58.9 Å². The number of hydrogen-bond donors (Lipinski definition) is 1. The van der Waals surface area contributed by atoms with Crippen LogP contribution >= 0.6 is 22.9 Å². The number of rotatable bonds is 3. The number of nitrogens with two attached hydrogens (primary N) is 1. The van der Waals surface area contributed by atoms with E-state index in [-0.39, 0.29) is 6.61 Å². The minimum atomic E-state index is -1.33. The number of thiazole rings is 1. The highest BCUT2D eigenvalue weighted by Crippen LogP contribution is 2.34. The molecule has 0 saturated carbocycles. The lowest BCUT2D eigenvalue weighted by Crippen LogP contribution is -2.45. The molecule has 0 atom stereocenters. The number of nitrogens with one attached hydrogen (secondary N) is 1. The molecule has 0 aliphatic carbocycles. The van der Waals surface area contributed by atoms with E-state index in [4.69, 9.17) is 22.1 Å². The van der Waals surface area contributed by atoms with E-state index in [0.29, 0.717) is 16.5 Å².